The van der Waals surface area contributed by atoms with Crippen LogP contribution >= 0.6 is 11.6 Å². The Balaban J connectivity index is 2.13. The molecule has 0 aromatic heterocycles. The number of alkyl halides is 1. The fourth-order valence-electron chi connectivity index (χ4n) is 2.50. The SMILES string of the molecule is ClCC12CCC(CC1)C2. The molecule has 9 heavy (non-hydrogen) atoms. The first-order valence-corrected chi connectivity index (χ1v) is 4.44. The Morgan fingerprint density at radius 3 is 2.22 bits per heavy atom. The van der Waals surface area contributed by atoms with Crippen molar-refractivity contribution in [1.82, 2.24) is 0 Å². The first-order chi connectivity index (χ1) is 4.35. The van der Waals surface area contributed by atoms with Crippen LogP contribution in [0, 0.1) is 11.3 Å². The highest BCUT2D eigenvalue weighted by atomic mass is 35.5. The highest BCUT2D eigenvalue weighted by molar-refractivity contribution is 6.18. The zero-order valence-corrected chi connectivity index (χ0v) is 6.45. The normalized spacial score (nSPS) is 48.3. The smallest absolute Gasteiger partial charge is 0.0280 e. The number of halogens is 1. The van der Waals surface area contributed by atoms with Crippen LogP contribution in [0.3, 0.4) is 0 Å². The van der Waals surface area contributed by atoms with Crippen molar-refractivity contribution in [2.75, 3.05) is 5.88 Å². The summed E-state index contributed by atoms with van der Waals surface area (Å²) in [4.78, 5) is 0. The second-order valence-electron chi connectivity index (χ2n) is 3.78. The van der Waals surface area contributed by atoms with Gasteiger partial charge in [0.25, 0.3) is 0 Å². The highest BCUT2D eigenvalue weighted by Crippen LogP contribution is 2.54. The minimum Gasteiger partial charge on any atom is -0.126 e. The summed E-state index contributed by atoms with van der Waals surface area (Å²) in [5, 5.41) is 0. The van der Waals surface area contributed by atoms with Crippen LogP contribution in [0.4, 0.5) is 0 Å². The second kappa shape index (κ2) is 1.88. The molecule has 2 saturated carbocycles. The van der Waals surface area contributed by atoms with Crippen molar-refractivity contribution in [3.05, 3.63) is 0 Å². The number of fused-ring (bicyclic) bond motifs is 2. The van der Waals surface area contributed by atoms with E-state index in [-0.39, 0.29) is 0 Å². The minimum absolute atomic E-state index is 0.617. The first kappa shape index (κ1) is 6.03. The van der Waals surface area contributed by atoms with Crippen molar-refractivity contribution in [1.29, 1.82) is 0 Å². The van der Waals surface area contributed by atoms with Crippen molar-refractivity contribution in [3.63, 3.8) is 0 Å². The predicted molar refractivity (Wildman–Crippen MR) is 39.7 cm³/mol. The zero-order chi connectivity index (χ0) is 6.32. The van der Waals surface area contributed by atoms with Crippen LogP contribution in [0.5, 0.6) is 0 Å². The third kappa shape index (κ3) is 0.797. The molecule has 0 heterocycles. The Labute approximate surface area is 61.6 Å². The van der Waals surface area contributed by atoms with Gasteiger partial charge in [0.2, 0.25) is 0 Å². The van der Waals surface area contributed by atoms with E-state index in [2.05, 4.69) is 0 Å². The van der Waals surface area contributed by atoms with Gasteiger partial charge in [0.15, 0.2) is 0 Å². The quantitative estimate of drug-likeness (QED) is 0.497. The van der Waals surface area contributed by atoms with E-state index in [0.717, 1.165) is 11.8 Å². The van der Waals surface area contributed by atoms with Gasteiger partial charge < -0.3 is 0 Å². The monoisotopic (exact) mass is 144 g/mol. The van der Waals surface area contributed by atoms with Crippen molar-refractivity contribution in [2.24, 2.45) is 11.3 Å². The first-order valence-electron chi connectivity index (χ1n) is 3.91. The van der Waals surface area contributed by atoms with Gasteiger partial charge in [-0.1, -0.05) is 0 Å². The van der Waals surface area contributed by atoms with E-state index in [4.69, 9.17) is 11.6 Å². The largest absolute Gasteiger partial charge is 0.126 e. The van der Waals surface area contributed by atoms with Crippen molar-refractivity contribution in [2.45, 2.75) is 32.1 Å². The Kier molecular flexibility index (Phi) is 1.26. The van der Waals surface area contributed by atoms with Gasteiger partial charge >= 0.3 is 0 Å². The van der Waals surface area contributed by atoms with Gasteiger partial charge in [-0.3, -0.25) is 0 Å². The molecule has 0 atom stereocenters. The summed E-state index contributed by atoms with van der Waals surface area (Å²) in [5.74, 6) is 1.98. The summed E-state index contributed by atoms with van der Waals surface area (Å²) < 4.78 is 0. The lowest BCUT2D eigenvalue weighted by molar-refractivity contribution is 0.338. The molecule has 52 valence electrons. The van der Waals surface area contributed by atoms with E-state index in [1.54, 1.807) is 0 Å². The molecule has 0 spiro atoms. The van der Waals surface area contributed by atoms with Crippen molar-refractivity contribution >= 4 is 11.6 Å². The van der Waals surface area contributed by atoms with E-state index in [1.165, 1.54) is 32.1 Å². The van der Waals surface area contributed by atoms with Crippen LogP contribution in [0.25, 0.3) is 0 Å². The average molecular weight is 145 g/mol. The predicted octanol–water partition coefficient (Wildman–Crippen LogP) is 2.81. The fraction of sp³-hybridized carbons (Fsp3) is 1.00. The van der Waals surface area contributed by atoms with Crippen molar-refractivity contribution < 1.29 is 0 Å². The fourth-order valence-corrected chi connectivity index (χ4v) is 2.88. The van der Waals surface area contributed by atoms with Gasteiger partial charge in [-0.05, 0) is 43.4 Å². The molecule has 0 radical (unpaired) electrons. The number of hydrogen-bond acceptors (Lipinski definition) is 0. The van der Waals surface area contributed by atoms with E-state index in [0.29, 0.717) is 5.41 Å². The molecular formula is C8H13Cl. The molecule has 0 N–H and O–H groups in total. The standard InChI is InChI=1S/C8H13Cl/c9-6-8-3-1-7(5-8)2-4-8/h7H,1-6H2. The summed E-state index contributed by atoms with van der Waals surface area (Å²) >= 11 is 5.89. The molecule has 0 aromatic rings. The van der Waals surface area contributed by atoms with Gasteiger partial charge in [-0.25, -0.2) is 0 Å². The summed E-state index contributed by atoms with van der Waals surface area (Å²) in [6.45, 7) is 0. The van der Waals surface area contributed by atoms with E-state index in [1.807, 2.05) is 0 Å². The van der Waals surface area contributed by atoms with Crippen LogP contribution in [0.2, 0.25) is 0 Å². The Morgan fingerprint density at radius 1 is 1.33 bits per heavy atom. The van der Waals surface area contributed by atoms with E-state index >= 15 is 0 Å². The van der Waals surface area contributed by atoms with Crippen LogP contribution in [-0.2, 0) is 0 Å². The number of hydrogen-bond donors (Lipinski definition) is 0. The molecule has 2 rings (SSSR count). The molecule has 0 amide bonds. The number of rotatable bonds is 1. The molecule has 0 aliphatic heterocycles. The lowest BCUT2D eigenvalue weighted by atomic mass is 9.87. The molecule has 0 aromatic carbocycles. The molecule has 0 saturated heterocycles. The van der Waals surface area contributed by atoms with Gasteiger partial charge in [-0.2, -0.15) is 0 Å². The summed E-state index contributed by atoms with van der Waals surface area (Å²) in [5.41, 5.74) is 0.617. The van der Waals surface area contributed by atoms with E-state index in [9.17, 15) is 0 Å². The summed E-state index contributed by atoms with van der Waals surface area (Å²) in [6, 6.07) is 0. The Morgan fingerprint density at radius 2 is 2.00 bits per heavy atom. The van der Waals surface area contributed by atoms with Gasteiger partial charge in [0, 0.05) is 5.88 Å². The van der Waals surface area contributed by atoms with Gasteiger partial charge in [0.05, 0.1) is 0 Å². The van der Waals surface area contributed by atoms with Crippen molar-refractivity contribution in [3.8, 4) is 0 Å². The van der Waals surface area contributed by atoms with Crippen LogP contribution in [0.1, 0.15) is 32.1 Å². The molecule has 2 bridgehead atoms. The zero-order valence-electron chi connectivity index (χ0n) is 5.70. The average Bonchev–Trinajstić information content (AvgIpc) is 2.46. The molecule has 2 fully saturated rings. The van der Waals surface area contributed by atoms with E-state index < -0.39 is 0 Å². The maximum Gasteiger partial charge on any atom is 0.0280 e. The third-order valence-electron chi connectivity index (χ3n) is 3.17. The summed E-state index contributed by atoms with van der Waals surface area (Å²) in [7, 11) is 0. The minimum atomic E-state index is 0.617. The van der Waals surface area contributed by atoms with Crippen LogP contribution in [0.15, 0.2) is 0 Å². The molecule has 2 aliphatic rings. The van der Waals surface area contributed by atoms with Gasteiger partial charge in [-0.15, -0.1) is 11.6 Å². The lowest BCUT2D eigenvalue weighted by Gasteiger charge is -2.22. The topological polar surface area (TPSA) is 0 Å². The molecule has 0 nitrogen and oxygen atoms in total. The molecule has 2 aliphatic carbocycles. The Hall–Kier alpha value is 0.290. The third-order valence-corrected chi connectivity index (χ3v) is 3.74. The molecule has 1 heteroatoms. The maximum atomic E-state index is 5.89. The summed E-state index contributed by atoms with van der Waals surface area (Å²) in [6.07, 6.45) is 7.21. The Bertz CT molecular complexity index is 112. The highest BCUT2D eigenvalue weighted by Gasteiger charge is 2.43. The van der Waals surface area contributed by atoms with Gasteiger partial charge in [0.1, 0.15) is 0 Å². The van der Waals surface area contributed by atoms with Crippen LogP contribution < -0.4 is 0 Å². The second-order valence-corrected chi connectivity index (χ2v) is 4.05. The maximum absolute atomic E-state index is 5.89. The lowest BCUT2D eigenvalue weighted by Crippen LogP contribution is -2.14. The molecular weight excluding hydrogens is 132 g/mol. The molecule has 0 unspecified atom stereocenters. The van der Waals surface area contributed by atoms with Crippen LogP contribution in [-0.4, -0.2) is 5.88 Å².